The average Bonchev–Trinajstić information content (AvgIpc) is 3.13. The fraction of sp³-hybridized carbons (Fsp3) is 0.444. The minimum Gasteiger partial charge on any atom is -0.491 e. The van der Waals surface area contributed by atoms with Crippen LogP contribution in [-0.4, -0.2) is 38.3 Å². The third-order valence-corrected chi connectivity index (χ3v) is 4.54. The number of thiazole rings is 1. The van der Waals surface area contributed by atoms with Gasteiger partial charge in [0.25, 0.3) is 0 Å². The Hall–Kier alpha value is -1.60. The van der Waals surface area contributed by atoms with Crippen LogP contribution in [0.25, 0.3) is 0 Å². The number of nitrogens with one attached hydrogen (secondary N) is 2. The first-order chi connectivity index (χ1) is 13.3. The van der Waals surface area contributed by atoms with Gasteiger partial charge in [-0.05, 0) is 18.6 Å². The number of nitrogens with zero attached hydrogens (tertiary/aromatic N) is 2. The van der Waals surface area contributed by atoms with E-state index in [0.717, 1.165) is 33.6 Å². The normalized spacial score (nSPS) is 11.7. The lowest BCUT2D eigenvalue weighted by Gasteiger charge is -2.15. The van der Waals surface area contributed by atoms with Crippen LogP contribution in [0.4, 0.5) is 13.2 Å². The molecule has 1 heterocycles. The van der Waals surface area contributed by atoms with Crippen molar-refractivity contribution in [2.45, 2.75) is 26.2 Å². The van der Waals surface area contributed by atoms with Crippen molar-refractivity contribution >= 4 is 41.3 Å². The fourth-order valence-corrected chi connectivity index (χ4v) is 3.00. The molecule has 0 unspecified atom stereocenters. The number of guanidine groups is 1. The van der Waals surface area contributed by atoms with E-state index in [4.69, 9.17) is 9.47 Å². The van der Waals surface area contributed by atoms with Crippen molar-refractivity contribution in [3.05, 3.63) is 45.4 Å². The summed E-state index contributed by atoms with van der Waals surface area (Å²) in [5.74, 6) is 1.20. The lowest BCUT2D eigenvalue weighted by molar-refractivity contribution is -0.140. The molecule has 0 atom stereocenters. The molecule has 0 amide bonds. The third-order valence-electron chi connectivity index (χ3n) is 3.69. The Morgan fingerprint density at radius 2 is 1.93 bits per heavy atom. The van der Waals surface area contributed by atoms with Gasteiger partial charge in [0.2, 0.25) is 0 Å². The van der Waals surface area contributed by atoms with Crippen molar-refractivity contribution in [2.75, 3.05) is 27.4 Å². The molecule has 2 rings (SSSR count). The average molecular weight is 544 g/mol. The summed E-state index contributed by atoms with van der Waals surface area (Å²) in [4.78, 5) is 7.67. The highest BCUT2D eigenvalue weighted by Crippen LogP contribution is 2.29. The van der Waals surface area contributed by atoms with Crippen LogP contribution in [0.15, 0.2) is 28.6 Å². The number of methoxy groups -OCH3 is 1. The van der Waals surface area contributed by atoms with Crippen LogP contribution in [0.1, 0.15) is 21.8 Å². The van der Waals surface area contributed by atoms with E-state index in [9.17, 15) is 13.2 Å². The van der Waals surface area contributed by atoms with Crippen molar-refractivity contribution in [2.24, 2.45) is 4.99 Å². The van der Waals surface area contributed by atoms with E-state index in [2.05, 4.69) is 20.6 Å². The van der Waals surface area contributed by atoms with Gasteiger partial charge in [-0.15, -0.1) is 35.3 Å². The van der Waals surface area contributed by atoms with Gasteiger partial charge >= 0.3 is 6.18 Å². The molecule has 0 bridgehead atoms. The number of hydrogen-bond acceptors (Lipinski definition) is 5. The summed E-state index contributed by atoms with van der Waals surface area (Å²) in [5.41, 5.74) is 1.12. The zero-order valence-corrected chi connectivity index (χ0v) is 19.4. The third kappa shape index (κ3) is 8.34. The first kappa shape index (κ1) is 25.4. The first-order valence-electron chi connectivity index (χ1n) is 8.51. The summed E-state index contributed by atoms with van der Waals surface area (Å²) in [7, 11) is 3.20. The maximum Gasteiger partial charge on any atom is 0.434 e. The second kappa shape index (κ2) is 12.2. The molecule has 0 aliphatic heterocycles. The van der Waals surface area contributed by atoms with Gasteiger partial charge in [-0.25, -0.2) is 4.98 Å². The molecule has 0 fully saturated rings. The monoisotopic (exact) mass is 544 g/mol. The number of aromatic nitrogens is 1. The maximum atomic E-state index is 12.6. The number of aliphatic imine (C=N–C) groups is 1. The second-order valence-electron chi connectivity index (χ2n) is 5.86. The van der Waals surface area contributed by atoms with Crippen molar-refractivity contribution in [3.8, 4) is 5.75 Å². The predicted molar refractivity (Wildman–Crippen MR) is 118 cm³/mol. The lowest BCUT2D eigenvalue weighted by atomic mass is 10.1. The number of ether oxygens (including phenoxy) is 2. The maximum absolute atomic E-state index is 12.6. The van der Waals surface area contributed by atoms with Crippen LogP contribution >= 0.6 is 35.3 Å². The largest absolute Gasteiger partial charge is 0.491 e. The number of rotatable bonds is 8. The van der Waals surface area contributed by atoms with E-state index < -0.39 is 11.9 Å². The molecule has 0 aliphatic rings. The van der Waals surface area contributed by atoms with Gasteiger partial charge in [0, 0.05) is 31.6 Å². The van der Waals surface area contributed by atoms with Gasteiger partial charge in [-0.2, -0.15) is 13.2 Å². The molecule has 162 valence electrons. The number of aryl methyl sites for hydroxylation is 1. The Bertz CT molecular complexity index is 800. The topological polar surface area (TPSA) is 67.8 Å². The molecule has 1 aromatic carbocycles. The quantitative estimate of drug-likeness (QED) is 0.228. The van der Waals surface area contributed by atoms with E-state index in [1.165, 1.54) is 0 Å². The zero-order chi connectivity index (χ0) is 20.6. The lowest BCUT2D eigenvalue weighted by Crippen LogP contribution is -2.36. The van der Waals surface area contributed by atoms with Crippen LogP contribution in [0.2, 0.25) is 0 Å². The fourth-order valence-electron chi connectivity index (χ4n) is 2.26. The molecule has 0 saturated heterocycles. The summed E-state index contributed by atoms with van der Waals surface area (Å²) in [6, 6.07) is 5.87. The summed E-state index contributed by atoms with van der Waals surface area (Å²) in [5, 5.41) is 7.42. The summed E-state index contributed by atoms with van der Waals surface area (Å²) < 4.78 is 48.6. The molecular formula is C18H24F3IN4O2S. The van der Waals surface area contributed by atoms with Gasteiger partial charge in [-0.1, -0.05) is 12.1 Å². The highest BCUT2D eigenvalue weighted by Gasteiger charge is 2.33. The molecule has 2 aromatic rings. The molecule has 0 aliphatic carbocycles. The minimum atomic E-state index is -4.43. The Morgan fingerprint density at radius 3 is 2.55 bits per heavy atom. The summed E-state index contributed by atoms with van der Waals surface area (Å²) in [6.45, 7) is 3.48. The van der Waals surface area contributed by atoms with Gasteiger partial charge in [0.05, 0.1) is 13.2 Å². The highest BCUT2D eigenvalue weighted by molar-refractivity contribution is 14.0. The first-order valence-corrected chi connectivity index (χ1v) is 9.39. The molecule has 11 heteroatoms. The van der Waals surface area contributed by atoms with Crippen LogP contribution in [0.3, 0.4) is 0 Å². The Kier molecular flexibility index (Phi) is 10.7. The van der Waals surface area contributed by atoms with Gasteiger partial charge < -0.3 is 20.1 Å². The molecule has 1 aromatic heterocycles. The Morgan fingerprint density at radius 1 is 1.21 bits per heavy atom. The molecule has 0 saturated carbocycles. The van der Waals surface area contributed by atoms with E-state index >= 15 is 0 Å². The van der Waals surface area contributed by atoms with Crippen molar-refractivity contribution in [1.29, 1.82) is 0 Å². The molecule has 0 spiro atoms. The number of benzene rings is 1. The number of hydrogen-bond donors (Lipinski definition) is 2. The number of halogens is 4. The standard InChI is InChI=1S/C18H23F3N4O2S.HI/c1-12-4-5-13(14(8-12)27-7-6-26-3)9-23-17(22-2)24-10-16-25-15(11-28-16)18(19,20)21;/h4-5,8,11H,6-7,9-10H2,1-3H3,(H2,22,23,24);1H. The molecule has 29 heavy (non-hydrogen) atoms. The van der Waals surface area contributed by atoms with Crippen molar-refractivity contribution < 1.29 is 22.6 Å². The van der Waals surface area contributed by atoms with E-state index in [1.807, 2.05) is 25.1 Å². The van der Waals surface area contributed by atoms with Gasteiger partial charge in [-0.3, -0.25) is 4.99 Å². The van der Waals surface area contributed by atoms with E-state index in [1.54, 1.807) is 14.2 Å². The van der Waals surface area contributed by atoms with Gasteiger partial charge in [0.1, 0.15) is 17.4 Å². The van der Waals surface area contributed by atoms with Gasteiger partial charge in [0.15, 0.2) is 11.7 Å². The Balaban J connectivity index is 0.00000420. The molecular weight excluding hydrogens is 520 g/mol. The van der Waals surface area contributed by atoms with Crippen LogP contribution in [0, 0.1) is 6.92 Å². The summed E-state index contributed by atoms with van der Waals surface area (Å²) in [6.07, 6.45) is -4.43. The highest BCUT2D eigenvalue weighted by atomic mass is 127. The minimum absolute atomic E-state index is 0. The SMILES string of the molecule is CN=C(NCc1nc(C(F)(F)F)cs1)NCc1ccc(C)cc1OCCOC.I. The van der Waals surface area contributed by atoms with Crippen molar-refractivity contribution in [3.63, 3.8) is 0 Å². The van der Waals surface area contributed by atoms with Crippen LogP contribution < -0.4 is 15.4 Å². The Labute approximate surface area is 188 Å². The predicted octanol–water partition coefficient (Wildman–Crippen LogP) is 3.98. The smallest absolute Gasteiger partial charge is 0.434 e. The van der Waals surface area contributed by atoms with E-state index in [-0.39, 0.29) is 30.5 Å². The van der Waals surface area contributed by atoms with E-state index in [0.29, 0.717) is 30.7 Å². The number of alkyl halides is 3. The molecule has 6 nitrogen and oxygen atoms in total. The van der Waals surface area contributed by atoms with Crippen LogP contribution in [0.5, 0.6) is 5.75 Å². The summed E-state index contributed by atoms with van der Waals surface area (Å²) >= 11 is 0.950. The second-order valence-corrected chi connectivity index (χ2v) is 6.80. The molecule has 2 N–H and O–H groups in total. The molecule has 0 radical (unpaired) electrons. The van der Waals surface area contributed by atoms with Crippen LogP contribution in [-0.2, 0) is 24.0 Å². The van der Waals surface area contributed by atoms with Crippen molar-refractivity contribution in [1.82, 2.24) is 15.6 Å². The zero-order valence-electron chi connectivity index (χ0n) is 16.3.